The van der Waals surface area contributed by atoms with E-state index in [0.717, 1.165) is 12.4 Å². The number of thioether (sulfide) groups is 1. The third kappa shape index (κ3) is 1.83. The van der Waals surface area contributed by atoms with E-state index in [1.54, 1.807) is 6.08 Å². The highest BCUT2D eigenvalue weighted by atomic mass is 32.2. The molecule has 4 rings (SSSR count). The van der Waals surface area contributed by atoms with Crippen molar-refractivity contribution in [3.63, 3.8) is 0 Å². The lowest BCUT2D eigenvalue weighted by Gasteiger charge is -2.38. The van der Waals surface area contributed by atoms with Crippen LogP contribution in [0.25, 0.3) is 6.08 Å². The predicted octanol–water partition coefficient (Wildman–Crippen LogP) is -0.697. The average molecular weight is 304 g/mol. The summed E-state index contributed by atoms with van der Waals surface area (Å²) in [6.07, 6.45) is 3.60. The summed E-state index contributed by atoms with van der Waals surface area (Å²) in [5.41, 5.74) is 1.19. The minimum absolute atomic E-state index is 0.0651. The van der Waals surface area contributed by atoms with Gasteiger partial charge in [0.05, 0.1) is 29.5 Å². The Labute approximate surface area is 123 Å². The summed E-state index contributed by atoms with van der Waals surface area (Å²) in [6, 6.07) is 0. The van der Waals surface area contributed by atoms with Crippen molar-refractivity contribution in [2.75, 3.05) is 6.61 Å². The number of hydrogen-bond acceptors (Lipinski definition) is 6. The monoisotopic (exact) mass is 304 g/mol. The lowest BCUT2D eigenvalue weighted by Crippen LogP contribution is -2.52. The molecule has 1 fully saturated rings. The van der Waals surface area contributed by atoms with Gasteiger partial charge in [-0.2, -0.15) is 0 Å². The summed E-state index contributed by atoms with van der Waals surface area (Å²) >= 11 is 1.29. The number of hydrogen-bond donors (Lipinski definition) is 0. The number of nitrogens with zero attached hydrogens (tertiary/aromatic N) is 3. The minimum Gasteiger partial charge on any atom is -0.543 e. The Morgan fingerprint density at radius 2 is 2.43 bits per heavy atom. The molecule has 7 nitrogen and oxygen atoms in total. The van der Waals surface area contributed by atoms with Crippen LogP contribution in [-0.4, -0.2) is 38.3 Å². The van der Waals surface area contributed by atoms with Gasteiger partial charge in [0.25, 0.3) is 5.91 Å². The molecule has 0 unspecified atom stereocenters. The number of fused-ring (bicyclic) bond motifs is 2. The molecule has 21 heavy (non-hydrogen) atoms. The molecule has 0 bridgehead atoms. The molecule has 1 saturated heterocycles. The van der Waals surface area contributed by atoms with Gasteiger partial charge in [-0.05, 0) is 11.5 Å². The maximum Gasteiger partial charge on any atom is 0.258 e. The van der Waals surface area contributed by atoms with Gasteiger partial charge in [0.1, 0.15) is 17.8 Å². The SMILES string of the molecule is O=C([O-])C1=CS[C@@H]2/C(=C\c3cn4c(n3)COCC4)C(=O)N12. The Hall–Kier alpha value is -2.06. The molecule has 0 aromatic carbocycles. The highest BCUT2D eigenvalue weighted by molar-refractivity contribution is 8.03. The maximum absolute atomic E-state index is 12.1. The number of carboxylic acid groups (broad SMARTS) is 1. The number of amides is 1. The van der Waals surface area contributed by atoms with Gasteiger partial charge in [-0.1, -0.05) is 0 Å². The summed E-state index contributed by atoms with van der Waals surface area (Å²) in [5, 5.41) is 12.1. The first-order valence-corrected chi connectivity index (χ1v) is 7.35. The van der Waals surface area contributed by atoms with Gasteiger partial charge in [0.2, 0.25) is 0 Å². The first-order valence-electron chi connectivity index (χ1n) is 6.41. The Bertz CT molecular complexity index is 697. The van der Waals surface area contributed by atoms with Gasteiger partial charge in [-0.15, -0.1) is 11.8 Å². The van der Waals surface area contributed by atoms with Crippen molar-refractivity contribution in [3.8, 4) is 0 Å². The van der Waals surface area contributed by atoms with Gasteiger partial charge < -0.3 is 19.2 Å². The fourth-order valence-electron chi connectivity index (χ4n) is 2.60. The minimum atomic E-state index is -1.33. The number of aliphatic carboxylic acids is 1. The average Bonchev–Trinajstić information content (AvgIpc) is 3.05. The van der Waals surface area contributed by atoms with Gasteiger partial charge in [-0.3, -0.25) is 9.69 Å². The van der Waals surface area contributed by atoms with Gasteiger partial charge >= 0.3 is 0 Å². The van der Waals surface area contributed by atoms with E-state index in [1.165, 1.54) is 22.1 Å². The van der Waals surface area contributed by atoms with Crippen LogP contribution in [0.4, 0.5) is 0 Å². The molecular formula is C13H10N3O4S-. The van der Waals surface area contributed by atoms with Crippen molar-refractivity contribution in [2.24, 2.45) is 0 Å². The Morgan fingerprint density at radius 3 is 3.19 bits per heavy atom. The van der Waals surface area contributed by atoms with Gasteiger partial charge in [0.15, 0.2) is 0 Å². The molecule has 0 N–H and O–H groups in total. The van der Waals surface area contributed by atoms with E-state index < -0.39 is 5.97 Å². The molecular weight excluding hydrogens is 294 g/mol. The van der Waals surface area contributed by atoms with Crippen molar-refractivity contribution in [3.05, 3.63) is 34.4 Å². The highest BCUT2D eigenvalue weighted by Crippen LogP contribution is 2.44. The number of β-lactam (4-membered cyclic amide) rings is 1. The quantitative estimate of drug-likeness (QED) is 0.530. The van der Waals surface area contributed by atoms with Crippen molar-refractivity contribution in [1.29, 1.82) is 0 Å². The lowest BCUT2D eigenvalue weighted by molar-refractivity contribution is -0.301. The van der Waals surface area contributed by atoms with Crippen molar-refractivity contribution in [2.45, 2.75) is 18.5 Å². The topological polar surface area (TPSA) is 87.5 Å². The van der Waals surface area contributed by atoms with Crippen molar-refractivity contribution >= 4 is 29.7 Å². The van der Waals surface area contributed by atoms with E-state index >= 15 is 0 Å². The number of imidazole rings is 1. The normalized spacial score (nSPS) is 25.4. The van der Waals surface area contributed by atoms with E-state index in [-0.39, 0.29) is 17.0 Å². The zero-order chi connectivity index (χ0) is 14.6. The molecule has 4 heterocycles. The Kier molecular flexibility index (Phi) is 2.69. The predicted molar refractivity (Wildman–Crippen MR) is 71.2 cm³/mol. The van der Waals surface area contributed by atoms with Crippen LogP contribution in [0.3, 0.4) is 0 Å². The van der Waals surface area contributed by atoms with E-state index in [0.29, 0.717) is 24.5 Å². The Morgan fingerprint density at radius 1 is 1.57 bits per heavy atom. The zero-order valence-electron chi connectivity index (χ0n) is 10.8. The summed E-state index contributed by atoms with van der Waals surface area (Å²) in [4.78, 5) is 28.6. The maximum atomic E-state index is 12.1. The first-order chi connectivity index (χ1) is 10.1. The van der Waals surface area contributed by atoms with E-state index in [2.05, 4.69) is 4.98 Å². The third-order valence-corrected chi connectivity index (χ3v) is 4.71. The fraction of sp³-hybridized carbons (Fsp3) is 0.308. The number of carbonyl (C=O) groups excluding carboxylic acids is 2. The number of carbonyl (C=O) groups is 2. The van der Waals surface area contributed by atoms with Crippen LogP contribution in [0.1, 0.15) is 11.5 Å². The summed E-state index contributed by atoms with van der Waals surface area (Å²) in [5.74, 6) is -0.793. The Balaban J connectivity index is 1.60. The molecule has 3 aliphatic rings. The molecule has 1 atom stereocenters. The van der Waals surface area contributed by atoms with E-state index in [9.17, 15) is 14.7 Å². The van der Waals surface area contributed by atoms with Gasteiger partial charge in [0, 0.05) is 12.7 Å². The number of ether oxygens (including phenoxy) is 1. The lowest BCUT2D eigenvalue weighted by atomic mass is 10.0. The van der Waals surface area contributed by atoms with Crippen molar-refractivity contribution in [1.82, 2.24) is 14.5 Å². The smallest absolute Gasteiger partial charge is 0.258 e. The van der Waals surface area contributed by atoms with E-state index in [4.69, 9.17) is 4.74 Å². The molecule has 1 amide bonds. The molecule has 8 heteroatoms. The second kappa shape index (κ2) is 4.47. The van der Waals surface area contributed by atoms with Crippen LogP contribution in [-0.2, 0) is 27.5 Å². The van der Waals surface area contributed by atoms with Crippen LogP contribution in [0, 0.1) is 0 Å². The second-order valence-corrected chi connectivity index (χ2v) is 5.84. The molecule has 1 aromatic heterocycles. The highest BCUT2D eigenvalue weighted by Gasteiger charge is 2.47. The molecule has 1 aromatic rings. The number of carboxylic acids is 1. The standard InChI is InChI=1S/C13H11N3O4S/c17-11-8(12-16(11)9(6-21-12)13(18)19)3-7-4-15-1-2-20-5-10(15)14-7/h3-4,6,12H,1-2,5H2,(H,18,19)/p-1/b8-3-/t12-/m1/s1. The van der Waals surface area contributed by atoms with Gasteiger partial charge in [-0.25, -0.2) is 4.98 Å². The third-order valence-electron chi connectivity index (χ3n) is 3.63. The molecule has 0 radical (unpaired) electrons. The summed E-state index contributed by atoms with van der Waals surface area (Å²) in [6.45, 7) is 1.88. The largest absolute Gasteiger partial charge is 0.543 e. The number of aromatic nitrogens is 2. The summed E-state index contributed by atoms with van der Waals surface area (Å²) in [7, 11) is 0. The molecule has 3 aliphatic heterocycles. The summed E-state index contributed by atoms with van der Waals surface area (Å²) < 4.78 is 7.33. The first kappa shape index (κ1) is 12.7. The van der Waals surface area contributed by atoms with Crippen LogP contribution in [0.2, 0.25) is 0 Å². The van der Waals surface area contributed by atoms with Crippen molar-refractivity contribution < 1.29 is 19.4 Å². The second-order valence-electron chi connectivity index (χ2n) is 4.88. The number of rotatable bonds is 2. The van der Waals surface area contributed by atoms with Crippen LogP contribution in [0.15, 0.2) is 22.9 Å². The molecule has 108 valence electrons. The van der Waals surface area contributed by atoms with Crippen LogP contribution in [0.5, 0.6) is 0 Å². The van der Waals surface area contributed by atoms with Crippen LogP contribution < -0.4 is 5.11 Å². The fourth-order valence-corrected chi connectivity index (χ4v) is 3.71. The zero-order valence-corrected chi connectivity index (χ0v) is 11.6. The van der Waals surface area contributed by atoms with Crippen LogP contribution >= 0.6 is 11.8 Å². The molecule has 0 spiro atoms. The van der Waals surface area contributed by atoms with E-state index in [1.807, 2.05) is 10.8 Å². The molecule has 0 saturated carbocycles. The molecule has 0 aliphatic carbocycles.